The van der Waals surface area contributed by atoms with E-state index in [4.69, 9.17) is 8.83 Å². The zero-order chi connectivity index (χ0) is 41.1. The Morgan fingerprint density at radius 1 is 0.450 bits per heavy atom. The van der Waals surface area contributed by atoms with E-state index < -0.39 is 0 Å². The van der Waals surface area contributed by atoms with Crippen LogP contribution in [0.3, 0.4) is 0 Å². The maximum absolute atomic E-state index is 6.13. The molecule has 60 heavy (non-hydrogen) atoms. The molecule has 0 saturated heterocycles. The summed E-state index contributed by atoms with van der Waals surface area (Å²) in [5.74, 6) is 0. The lowest BCUT2D eigenvalue weighted by molar-refractivity contribution is 0.590. The highest BCUT2D eigenvalue weighted by molar-refractivity contribution is 7.00. The van der Waals surface area contributed by atoms with Crippen molar-refractivity contribution in [1.82, 2.24) is 0 Å². The predicted molar refractivity (Wildman–Crippen MR) is 253 cm³/mol. The molecule has 4 nitrogen and oxygen atoms in total. The van der Waals surface area contributed by atoms with Gasteiger partial charge in [0.05, 0.1) is 12.5 Å². The number of rotatable bonds is 4. The fourth-order valence-electron chi connectivity index (χ4n) is 9.65. The molecular weight excluding hydrogens is 731 g/mol. The number of benzene rings is 7. The van der Waals surface area contributed by atoms with Gasteiger partial charge in [-0.25, -0.2) is 0 Å². The smallest absolute Gasteiger partial charge is 0.252 e. The first-order valence-electron chi connectivity index (χ1n) is 21.1. The molecule has 0 unspecified atom stereocenters. The average molecular weight is 779 g/mol. The van der Waals surface area contributed by atoms with Gasteiger partial charge in [0.25, 0.3) is 6.71 Å². The van der Waals surface area contributed by atoms with Crippen molar-refractivity contribution in [3.8, 4) is 22.3 Å². The van der Waals surface area contributed by atoms with E-state index in [1.54, 1.807) is 0 Å². The lowest BCUT2D eigenvalue weighted by Gasteiger charge is -2.45. The molecule has 2 aromatic heterocycles. The first-order chi connectivity index (χ1) is 28.9. The average Bonchev–Trinajstić information content (AvgIpc) is 3.88. The number of nitrogens with zero attached hydrogens (tertiary/aromatic N) is 2. The summed E-state index contributed by atoms with van der Waals surface area (Å²) in [6, 6.07) is 53.9. The molecule has 292 valence electrons. The van der Waals surface area contributed by atoms with E-state index in [1.807, 2.05) is 36.8 Å². The first-order valence-corrected chi connectivity index (χ1v) is 21.1. The highest BCUT2D eigenvalue weighted by Gasteiger charge is 2.44. The van der Waals surface area contributed by atoms with Crippen LogP contribution in [0.2, 0.25) is 0 Å². The van der Waals surface area contributed by atoms with Gasteiger partial charge in [0.2, 0.25) is 0 Å². The number of para-hydroxylation sites is 2. The third kappa shape index (κ3) is 5.67. The Bertz CT molecular complexity index is 3160. The molecule has 0 radical (unpaired) electrons. The summed E-state index contributed by atoms with van der Waals surface area (Å²) in [4.78, 5) is 5.02. The zero-order valence-corrected chi connectivity index (χ0v) is 35.3. The quantitative estimate of drug-likeness (QED) is 0.167. The maximum Gasteiger partial charge on any atom is 0.252 e. The topological polar surface area (TPSA) is 32.8 Å². The van der Waals surface area contributed by atoms with Crippen LogP contribution in [0.1, 0.15) is 58.2 Å². The zero-order valence-electron chi connectivity index (χ0n) is 35.3. The molecule has 0 spiro atoms. The number of hydrogen-bond acceptors (Lipinski definition) is 4. The molecule has 0 amide bonds. The second-order valence-electron chi connectivity index (χ2n) is 18.8. The summed E-state index contributed by atoms with van der Waals surface area (Å²) in [6.45, 7) is 16.0. The lowest BCUT2D eigenvalue weighted by atomic mass is 9.33. The molecule has 0 fully saturated rings. The van der Waals surface area contributed by atoms with E-state index >= 15 is 0 Å². The van der Waals surface area contributed by atoms with Crippen molar-refractivity contribution in [2.24, 2.45) is 0 Å². The molecule has 9 aromatic rings. The number of aryl methyl sites for hydroxylation is 1. The summed E-state index contributed by atoms with van der Waals surface area (Å²) in [7, 11) is 0. The highest BCUT2D eigenvalue weighted by Crippen LogP contribution is 2.47. The SMILES string of the molecule is Cc1cc2c3c(c1)N(c1cccc(-c4coc5ccccc45)c1)c1cc(-c4coc5ccccc45)ccc1B3c1cc(C(C)(C)C)ccc1N2c1ccc(C(C)(C)C)cc1. The molecule has 4 heterocycles. The van der Waals surface area contributed by atoms with Crippen LogP contribution in [-0.4, -0.2) is 6.71 Å². The summed E-state index contributed by atoms with van der Waals surface area (Å²) < 4.78 is 12.2. The maximum atomic E-state index is 6.13. The van der Waals surface area contributed by atoms with Crippen molar-refractivity contribution in [2.75, 3.05) is 9.80 Å². The predicted octanol–water partition coefficient (Wildman–Crippen LogP) is 13.5. The van der Waals surface area contributed by atoms with Crippen molar-refractivity contribution < 1.29 is 8.83 Å². The molecule has 5 heteroatoms. The van der Waals surface area contributed by atoms with Crippen LogP contribution in [0, 0.1) is 6.92 Å². The molecule has 0 bridgehead atoms. The second kappa shape index (κ2) is 13.1. The Hall–Kier alpha value is -6.72. The number of fused-ring (bicyclic) bond motifs is 6. The summed E-state index contributed by atoms with van der Waals surface area (Å²) in [6.07, 6.45) is 3.81. The van der Waals surface area contributed by atoms with Gasteiger partial charge in [-0.15, -0.1) is 0 Å². The second-order valence-corrected chi connectivity index (χ2v) is 18.8. The van der Waals surface area contributed by atoms with Crippen LogP contribution in [0.4, 0.5) is 34.1 Å². The summed E-state index contributed by atoms with van der Waals surface area (Å²) in [5, 5.41) is 2.22. The van der Waals surface area contributed by atoms with Crippen LogP contribution in [0.25, 0.3) is 44.2 Å². The third-order valence-electron chi connectivity index (χ3n) is 12.8. The van der Waals surface area contributed by atoms with Crippen molar-refractivity contribution in [3.63, 3.8) is 0 Å². The Morgan fingerprint density at radius 3 is 1.67 bits per heavy atom. The van der Waals surface area contributed by atoms with E-state index in [1.165, 1.54) is 50.1 Å². The number of anilines is 6. The molecule has 7 aromatic carbocycles. The minimum atomic E-state index is -0.0297. The monoisotopic (exact) mass is 778 g/mol. The Kier molecular flexibility index (Phi) is 7.97. The Balaban J connectivity index is 1.20. The fourth-order valence-corrected chi connectivity index (χ4v) is 9.65. The van der Waals surface area contributed by atoms with Crippen LogP contribution in [0.15, 0.2) is 167 Å². The van der Waals surface area contributed by atoms with Crippen molar-refractivity contribution in [2.45, 2.75) is 59.3 Å². The van der Waals surface area contributed by atoms with Crippen LogP contribution < -0.4 is 26.2 Å². The van der Waals surface area contributed by atoms with Crippen molar-refractivity contribution in [1.29, 1.82) is 0 Å². The largest absolute Gasteiger partial charge is 0.464 e. The molecule has 2 aliphatic heterocycles. The first kappa shape index (κ1) is 36.4. The molecule has 0 aliphatic carbocycles. The summed E-state index contributed by atoms with van der Waals surface area (Å²) in [5.41, 5.74) is 21.0. The molecule has 0 N–H and O–H groups in total. The minimum Gasteiger partial charge on any atom is -0.464 e. The fraction of sp³-hybridized carbons (Fsp3) is 0.164. The van der Waals surface area contributed by atoms with Crippen molar-refractivity contribution >= 4 is 79.2 Å². The molecule has 0 atom stereocenters. The van der Waals surface area contributed by atoms with E-state index in [9.17, 15) is 0 Å². The third-order valence-corrected chi connectivity index (χ3v) is 12.8. The summed E-state index contributed by atoms with van der Waals surface area (Å²) >= 11 is 0. The van der Waals surface area contributed by atoms with Crippen LogP contribution in [-0.2, 0) is 10.8 Å². The van der Waals surface area contributed by atoms with Gasteiger partial charge in [-0.05, 0) is 123 Å². The number of furan rings is 2. The van der Waals surface area contributed by atoms with Crippen molar-refractivity contribution in [3.05, 3.63) is 175 Å². The van der Waals surface area contributed by atoms with Gasteiger partial charge >= 0.3 is 0 Å². The molecular formula is C55H47BN2O2. The van der Waals surface area contributed by atoms with Gasteiger partial charge < -0.3 is 18.6 Å². The van der Waals surface area contributed by atoms with Gasteiger partial charge in [0, 0.05) is 56.0 Å². The van der Waals surface area contributed by atoms with E-state index in [-0.39, 0.29) is 17.5 Å². The van der Waals surface area contributed by atoms with Gasteiger partial charge in [-0.2, -0.15) is 0 Å². The van der Waals surface area contributed by atoms with Crippen LogP contribution in [0.5, 0.6) is 0 Å². The van der Waals surface area contributed by atoms with Crippen LogP contribution >= 0.6 is 0 Å². The molecule has 2 aliphatic rings. The van der Waals surface area contributed by atoms with E-state index in [0.29, 0.717) is 0 Å². The van der Waals surface area contributed by atoms with Gasteiger partial charge in [0.15, 0.2) is 0 Å². The van der Waals surface area contributed by atoms with E-state index in [2.05, 4.69) is 180 Å². The lowest BCUT2D eigenvalue weighted by Crippen LogP contribution is -2.61. The van der Waals surface area contributed by atoms with Gasteiger partial charge in [-0.1, -0.05) is 126 Å². The standard InChI is InChI=1S/C55H47BN2O2/c1-34-27-49-53-50(28-34)58(40-14-12-13-35(29-40)43-32-59-51-17-10-8-15-41(43)51)48-30-36(44-33-60-52-18-11-9-16-42(44)52)19-25-45(48)56(53)46-31-38(55(5,6)7)22-26-47(46)57(49)39-23-20-37(21-24-39)54(2,3)4/h8-33H,1-7H3. The Morgan fingerprint density at radius 2 is 1.03 bits per heavy atom. The van der Waals surface area contributed by atoms with E-state index in [0.717, 1.165) is 61.3 Å². The van der Waals surface area contributed by atoms with Gasteiger partial charge in [0.1, 0.15) is 11.2 Å². The minimum absolute atomic E-state index is 0.000363. The Labute approximate surface area is 352 Å². The highest BCUT2D eigenvalue weighted by atomic mass is 16.3. The molecule has 0 saturated carbocycles. The van der Waals surface area contributed by atoms with Gasteiger partial charge in [-0.3, -0.25) is 0 Å². The molecule has 11 rings (SSSR count). The normalized spacial score (nSPS) is 13.5. The number of hydrogen-bond donors (Lipinski definition) is 0.